The van der Waals surface area contributed by atoms with E-state index < -0.39 is 5.82 Å². The Labute approximate surface area is 103 Å². The van der Waals surface area contributed by atoms with Crippen LogP contribution in [0.3, 0.4) is 0 Å². The van der Waals surface area contributed by atoms with Crippen LogP contribution in [-0.2, 0) is 0 Å². The van der Waals surface area contributed by atoms with E-state index in [0.29, 0.717) is 21.8 Å². The van der Waals surface area contributed by atoms with Crippen molar-refractivity contribution in [2.24, 2.45) is 0 Å². The standard InChI is InChI=1S/C12H8Cl2FN/c13-9-4-2-1-3-7(9)8-5-12(16)10(14)6-11(8)15/h1-6H,16H2. The second-order valence-electron chi connectivity index (χ2n) is 3.33. The molecular weight excluding hydrogens is 248 g/mol. The fraction of sp³-hybridized carbons (Fsp3) is 0. The number of hydrogen-bond donors (Lipinski definition) is 1. The highest BCUT2D eigenvalue weighted by atomic mass is 35.5. The first-order valence-electron chi connectivity index (χ1n) is 4.59. The molecule has 0 radical (unpaired) electrons. The minimum absolute atomic E-state index is 0.202. The van der Waals surface area contributed by atoms with Crippen molar-refractivity contribution < 1.29 is 4.39 Å². The van der Waals surface area contributed by atoms with E-state index in [-0.39, 0.29) is 5.02 Å². The zero-order chi connectivity index (χ0) is 11.7. The maximum atomic E-state index is 13.7. The van der Waals surface area contributed by atoms with Crippen LogP contribution in [0.5, 0.6) is 0 Å². The number of anilines is 1. The molecule has 0 aliphatic carbocycles. The Balaban J connectivity index is 2.65. The molecule has 0 unspecified atom stereocenters. The van der Waals surface area contributed by atoms with Crippen molar-refractivity contribution in [3.8, 4) is 11.1 Å². The third-order valence-corrected chi connectivity index (χ3v) is 2.91. The van der Waals surface area contributed by atoms with Crippen molar-refractivity contribution >= 4 is 28.9 Å². The normalized spacial score (nSPS) is 10.4. The van der Waals surface area contributed by atoms with Gasteiger partial charge in [-0.1, -0.05) is 41.4 Å². The number of rotatable bonds is 1. The van der Waals surface area contributed by atoms with Crippen LogP contribution in [0.25, 0.3) is 11.1 Å². The molecule has 0 bridgehead atoms. The molecule has 2 N–H and O–H groups in total. The molecule has 2 rings (SSSR count). The molecule has 82 valence electrons. The Kier molecular flexibility index (Phi) is 3.03. The van der Waals surface area contributed by atoms with Crippen molar-refractivity contribution in [2.75, 3.05) is 5.73 Å². The lowest BCUT2D eigenvalue weighted by atomic mass is 10.0. The summed E-state index contributed by atoms with van der Waals surface area (Å²) in [7, 11) is 0. The fourth-order valence-electron chi connectivity index (χ4n) is 1.45. The minimum atomic E-state index is -0.438. The molecule has 4 heteroatoms. The van der Waals surface area contributed by atoms with Gasteiger partial charge in [0, 0.05) is 16.1 Å². The summed E-state index contributed by atoms with van der Waals surface area (Å²) in [6.45, 7) is 0. The SMILES string of the molecule is Nc1cc(-c2ccccc2Cl)c(F)cc1Cl. The van der Waals surface area contributed by atoms with Gasteiger partial charge < -0.3 is 5.73 Å². The third-order valence-electron chi connectivity index (χ3n) is 2.25. The highest BCUT2D eigenvalue weighted by molar-refractivity contribution is 6.34. The third kappa shape index (κ3) is 1.99. The van der Waals surface area contributed by atoms with Crippen LogP contribution < -0.4 is 5.73 Å². The summed E-state index contributed by atoms with van der Waals surface area (Å²) < 4.78 is 13.7. The first-order chi connectivity index (χ1) is 7.59. The number of nitrogens with two attached hydrogens (primary N) is 1. The number of nitrogen functional groups attached to an aromatic ring is 1. The van der Waals surface area contributed by atoms with Gasteiger partial charge >= 0.3 is 0 Å². The lowest BCUT2D eigenvalue weighted by Crippen LogP contribution is -1.91. The molecule has 2 aromatic rings. The number of halogens is 3. The Morgan fingerprint density at radius 3 is 2.31 bits per heavy atom. The summed E-state index contributed by atoms with van der Waals surface area (Å²) in [6.07, 6.45) is 0. The first kappa shape index (κ1) is 11.2. The predicted molar refractivity (Wildman–Crippen MR) is 66.3 cm³/mol. The van der Waals surface area contributed by atoms with Crippen LogP contribution in [0, 0.1) is 5.82 Å². The molecule has 2 aromatic carbocycles. The smallest absolute Gasteiger partial charge is 0.132 e. The van der Waals surface area contributed by atoms with Gasteiger partial charge in [-0.05, 0) is 18.2 Å². The maximum absolute atomic E-state index is 13.7. The quantitative estimate of drug-likeness (QED) is 0.752. The van der Waals surface area contributed by atoms with E-state index in [2.05, 4.69) is 0 Å². The average molecular weight is 256 g/mol. The van der Waals surface area contributed by atoms with Gasteiger partial charge in [0.2, 0.25) is 0 Å². The second-order valence-corrected chi connectivity index (χ2v) is 4.15. The molecule has 1 nitrogen and oxygen atoms in total. The number of benzene rings is 2. The molecule has 0 spiro atoms. The zero-order valence-corrected chi connectivity index (χ0v) is 9.69. The van der Waals surface area contributed by atoms with E-state index in [1.165, 1.54) is 12.1 Å². The second kappa shape index (κ2) is 4.32. The summed E-state index contributed by atoms with van der Waals surface area (Å²) in [4.78, 5) is 0. The van der Waals surface area contributed by atoms with Crippen molar-refractivity contribution in [1.82, 2.24) is 0 Å². The first-order valence-corrected chi connectivity index (χ1v) is 5.34. The lowest BCUT2D eigenvalue weighted by molar-refractivity contribution is 0.631. The molecule has 0 aromatic heterocycles. The molecule has 0 atom stereocenters. The molecule has 0 saturated carbocycles. The Morgan fingerprint density at radius 2 is 1.62 bits per heavy atom. The van der Waals surface area contributed by atoms with E-state index in [1.807, 2.05) is 0 Å². The largest absolute Gasteiger partial charge is 0.398 e. The average Bonchev–Trinajstić information content (AvgIpc) is 2.25. The highest BCUT2D eigenvalue weighted by Gasteiger charge is 2.11. The van der Waals surface area contributed by atoms with E-state index in [9.17, 15) is 4.39 Å². The molecule has 0 saturated heterocycles. The molecule has 0 amide bonds. The van der Waals surface area contributed by atoms with Crippen LogP contribution in [0.2, 0.25) is 10.0 Å². The van der Waals surface area contributed by atoms with Gasteiger partial charge in [0.05, 0.1) is 10.7 Å². The predicted octanol–water partition coefficient (Wildman–Crippen LogP) is 4.38. The van der Waals surface area contributed by atoms with Gasteiger partial charge in [0.1, 0.15) is 5.82 Å². The molecule has 0 heterocycles. The van der Waals surface area contributed by atoms with Gasteiger partial charge in [-0.3, -0.25) is 0 Å². The summed E-state index contributed by atoms with van der Waals surface area (Å²) in [5, 5.41) is 0.677. The Morgan fingerprint density at radius 1 is 0.938 bits per heavy atom. The monoisotopic (exact) mass is 255 g/mol. The Bertz CT molecular complexity index is 541. The summed E-state index contributed by atoms with van der Waals surface area (Å²) in [6, 6.07) is 9.66. The van der Waals surface area contributed by atoms with Gasteiger partial charge in [-0.2, -0.15) is 0 Å². The van der Waals surface area contributed by atoms with E-state index in [1.54, 1.807) is 24.3 Å². The van der Waals surface area contributed by atoms with Crippen molar-refractivity contribution in [3.63, 3.8) is 0 Å². The summed E-state index contributed by atoms with van der Waals surface area (Å²) in [5.74, 6) is -0.438. The maximum Gasteiger partial charge on any atom is 0.132 e. The molecule has 0 aliphatic heterocycles. The van der Waals surface area contributed by atoms with Gasteiger partial charge in [-0.15, -0.1) is 0 Å². The lowest BCUT2D eigenvalue weighted by Gasteiger charge is -2.08. The fourth-order valence-corrected chi connectivity index (χ4v) is 1.84. The highest BCUT2D eigenvalue weighted by Crippen LogP contribution is 2.33. The van der Waals surface area contributed by atoms with Gasteiger partial charge in [0.15, 0.2) is 0 Å². The molecular formula is C12H8Cl2FN. The summed E-state index contributed by atoms with van der Waals surface area (Å²) in [5.41, 5.74) is 6.92. The van der Waals surface area contributed by atoms with E-state index in [0.717, 1.165) is 0 Å². The summed E-state index contributed by atoms with van der Waals surface area (Å²) >= 11 is 11.7. The van der Waals surface area contributed by atoms with Crippen molar-refractivity contribution in [3.05, 3.63) is 52.3 Å². The van der Waals surface area contributed by atoms with Crippen molar-refractivity contribution in [2.45, 2.75) is 0 Å². The zero-order valence-electron chi connectivity index (χ0n) is 8.18. The molecule has 0 aliphatic rings. The molecule has 0 fully saturated rings. The van der Waals surface area contributed by atoms with E-state index >= 15 is 0 Å². The van der Waals surface area contributed by atoms with Crippen LogP contribution in [-0.4, -0.2) is 0 Å². The van der Waals surface area contributed by atoms with Crippen LogP contribution in [0.1, 0.15) is 0 Å². The number of hydrogen-bond acceptors (Lipinski definition) is 1. The Hall–Kier alpha value is -1.25. The topological polar surface area (TPSA) is 26.0 Å². The molecule has 16 heavy (non-hydrogen) atoms. The van der Waals surface area contributed by atoms with Crippen LogP contribution in [0.4, 0.5) is 10.1 Å². The van der Waals surface area contributed by atoms with Crippen LogP contribution in [0.15, 0.2) is 36.4 Å². The van der Waals surface area contributed by atoms with Gasteiger partial charge in [0.25, 0.3) is 0 Å². The van der Waals surface area contributed by atoms with E-state index in [4.69, 9.17) is 28.9 Å². The van der Waals surface area contributed by atoms with Gasteiger partial charge in [-0.25, -0.2) is 4.39 Å². The minimum Gasteiger partial charge on any atom is -0.398 e. The van der Waals surface area contributed by atoms with Crippen LogP contribution >= 0.6 is 23.2 Å². The van der Waals surface area contributed by atoms with Crippen molar-refractivity contribution in [1.29, 1.82) is 0 Å².